The summed E-state index contributed by atoms with van der Waals surface area (Å²) in [5, 5.41) is 3.44. The van der Waals surface area contributed by atoms with Gasteiger partial charge in [-0.3, -0.25) is 4.98 Å². The lowest BCUT2D eigenvalue weighted by molar-refractivity contribution is 0.519. The summed E-state index contributed by atoms with van der Waals surface area (Å²) < 4.78 is 0. The van der Waals surface area contributed by atoms with Crippen LogP contribution >= 0.6 is 0 Å². The van der Waals surface area contributed by atoms with Crippen LogP contribution in [0.15, 0.2) is 18.5 Å². The third-order valence-electron chi connectivity index (χ3n) is 2.48. The predicted octanol–water partition coefficient (Wildman–Crippen LogP) is 2.45. The van der Waals surface area contributed by atoms with Crippen LogP contribution in [0.2, 0.25) is 0 Å². The molecule has 0 radical (unpaired) electrons. The molecule has 0 bridgehead atoms. The topological polar surface area (TPSA) is 24.9 Å². The van der Waals surface area contributed by atoms with Gasteiger partial charge >= 0.3 is 0 Å². The first-order valence-electron chi connectivity index (χ1n) is 5.37. The zero-order chi connectivity index (χ0) is 11.1. The highest BCUT2D eigenvalue weighted by Gasteiger charge is 2.11. The molecule has 80 valence electrons. The van der Waals surface area contributed by atoms with Gasteiger partial charge in [-0.2, -0.15) is 0 Å². The zero-order valence-electron chi connectivity index (χ0n) is 9.46. The summed E-state index contributed by atoms with van der Waals surface area (Å²) in [5.41, 5.74) is 2.53. The number of aromatic nitrogens is 1. The SMILES string of the molecule is C#CCCC(NCC)c1cnccc1C. The molecule has 0 aromatic carbocycles. The van der Waals surface area contributed by atoms with Gasteiger partial charge < -0.3 is 5.32 Å². The van der Waals surface area contributed by atoms with Gasteiger partial charge in [0, 0.05) is 24.9 Å². The molecule has 1 atom stereocenters. The Morgan fingerprint density at radius 3 is 3.00 bits per heavy atom. The van der Waals surface area contributed by atoms with Crippen molar-refractivity contribution in [3.8, 4) is 12.3 Å². The van der Waals surface area contributed by atoms with Crippen molar-refractivity contribution in [2.24, 2.45) is 0 Å². The van der Waals surface area contributed by atoms with Crippen molar-refractivity contribution >= 4 is 0 Å². The van der Waals surface area contributed by atoms with Crippen molar-refractivity contribution < 1.29 is 0 Å². The molecular formula is C13H18N2. The van der Waals surface area contributed by atoms with E-state index in [4.69, 9.17) is 6.42 Å². The Morgan fingerprint density at radius 1 is 1.60 bits per heavy atom. The Bertz CT molecular complexity index is 339. The molecule has 0 spiro atoms. The van der Waals surface area contributed by atoms with Crippen LogP contribution in [0, 0.1) is 19.3 Å². The number of pyridine rings is 1. The van der Waals surface area contributed by atoms with Gasteiger partial charge in [0.15, 0.2) is 0 Å². The predicted molar refractivity (Wildman–Crippen MR) is 63.5 cm³/mol. The summed E-state index contributed by atoms with van der Waals surface area (Å²) in [6, 6.07) is 2.37. The van der Waals surface area contributed by atoms with Gasteiger partial charge in [0.05, 0.1) is 0 Å². The van der Waals surface area contributed by atoms with E-state index in [2.05, 4.69) is 30.1 Å². The molecular weight excluding hydrogens is 184 g/mol. The van der Waals surface area contributed by atoms with E-state index < -0.39 is 0 Å². The largest absolute Gasteiger partial charge is 0.310 e. The molecule has 15 heavy (non-hydrogen) atoms. The molecule has 2 nitrogen and oxygen atoms in total. The lowest BCUT2D eigenvalue weighted by Gasteiger charge is -2.18. The second-order valence-electron chi connectivity index (χ2n) is 3.59. The highest BCUT2D eigenvalue weighted by atomic mass is 14.9. The van der Waals surface area contributed by atoms with E-state index in [0.717, 1.165) is 19.4 Å². The highest BCUT2D eigenvalue weighted by molar-refractivity contribution is 5.25. The van der Waals surface area contributed by atoms with Gasteiger partial charge in [-0.1, -0.05) is 6.92 Å². The van der Waals surface area contributed by atoms with Gasteiger partial charge in [-0.25, -0.2) is 0 Å². The average Bonchev–Trinajstić information content (AvgIpc) is 2.25. The van der Waals surface area contributed by atoms with Crippen molar-refractivity contribution in [3.63, 3.8) is 0 Å². The maximum atomic E-state index is 5.30. The molecule has 1 rings (SSSR count). The van der Waals surface area contributed by atoms with E-state index >= 15 is 0 Å². The summed E-state index contributed by atoms with van der Waals surface area (Å²) in [4.78, 5) is 4.17. The number of hydrogen-bond acceptors (Lipinski definition) is 2. The fraction of sp³-hybridized carbons (Fsp3) is 0.462. The summed E-state index contributed by atoms with van der Waals surface area (Å²) in [6.45, 7) is 5.16. The number of hydrogen-bond donors (Lipinski definition) is 1. The van der Waals surface area contributed by atoms with Crippen LogP contribution in [0.25, 0.3) is 0 Å². The Kier molecular flexibility index (Phi) is 4.86. The van der Waals surface area contributed by atoms with Crippen LogP contribution in [0.3, 0.4) is 0 Å². The van der Waals surface area contributed by atoms with Crippen LogP contribution in [0.4, 0.5) is 0 Å². The van der Waals surface area contributed by atoms with Gasteiger partial charge in [-0.15, -0.1) is 12.3 Å². The molecule has 0 aliphatic rings. The van der Waals surface area contributed by atoms with Crippen LogP contribution in [0.5, 0.6) is 0 Å². The fourth-order valence-corrected chi connectivity index (χ4v) is 1.68. The van der Waals surface area contributed by atoms with E-state index in [1.54, 1.807) is 0 Å². The molecule has 0 saturated heterocycles. The summed E-state index contributed by atoms with van der Waals surface area (Å²) in [5.74, 6) is 2.69. The van der Waals surface area contributed by atoms with Gasteiger partial charge in [0.2, 0.25) is 0 Å². The van der Waals surface area contributed by atoms with E-state index in [1.165, 1.54) is 11.1 Å². The normalized spacial score (nSPS) is 12.1. The minimum absolute atomic E-state index is 0.333. The van der Waals surface area contributed by atoms with E-state index in [0.29, 0.717) is 6.04 Å². The van der Waals surface area contributed by atoms with Gasteiger partial charge in [0.1, 0.15) is 0 Å². The molecule has 1 heterocycles. The van der Waals surface area contributed by atoms with E-state index in [-0.39, 0.29) is 0 Å². The number of terminal acetylenes is 1. The van der Waals surface area contributed by atoms with Gasteiger partial charge in [0.25, 0.3) is 0 Å². The van der Waals surface area contributed by atoms with Gasteiger partial charge in [-0.05, 0) is 37.1 Å². The minimum Gasteiger partial charge on any atom is -0.310 e. The molecule has 2 heteroatoms. The van der Waals surface area contributed by atoms with E-state index in [1.807, 2.05) is 18.5 Å². The Balaban J connectivity index is 2.79. The van der Waals surface area contributed by atoms with Crippen LogP contribution < -0.4 is 5.32 Å². The van der Waals surface area contributed by atoms with Crippen molar-refractivity contribution in [1.82, 2.24) is 10.3 Å². The zero-order valence-corrected chi connectivity index (χ0v) is 9.46. The molecule has 1 aromatic heterocycles. The smallest absolute Gasteiger partial charge is 0.0347 e. The Labute approximate surface area is 92.1 Å². The quantitative estimate of drug-likeness (QED) is 0.742. The molecule has 0 fully saturated rings. The first-order chi connectivity index (χ1) is 7.29. The third kappa shape index (κ3) is 3.38. The second-order valence-corrected chi connectivity index (χ2v) is 3.59. The monoisotopic (exact) mass is 202 g/mol. The summed E-state index contributed by atoms with van der Waals surface area (Å²) in [6.07, 6.45) is 10.8. The van der Waals surface area contributed by atoms with Crippen LogP contribution in [-0.4, -0.2) is 11.5 Å². The maximum absolute atomic E-state index is 5.30. The Hall–Kier alpha value is -1.33. The van der Waals surface area contributed by atoms with Crippen molar-refractivity contribution in [2.45, 2.75) is 32.7 Å². The molecule has 0 aliphatic carbocycles. The maximum Gasteiger partial charge on any atom is 0.0347 e. The highest BCUT2D eigenvalue weighted by Crippen LogP contribution is 2.20. The lowest BCUT2D eigenvalue weighted by Crippen LogP contribution is -2.21. The number of nitrogens with zero attached hydrogens (tertiary/aromatic N) is 1. The first kappa shape index (κ1) is 11.7. The minimum atomic E-state index is 0.333. The van der Waals surface area contributed by atoms with Crippen LogP contribution in [-0.2, 0) is 0 Å². The van der Waals surface area contributed by atoms with E-state index in [9.17, 15) is 0 Å². The molecule has 0 saturated carbocycles. The molecule has 0 aliphatic heterocycles. The fourth-order valence-electron chi connectivity index (χ4n) is 1.68. The Morgan fingerprint density at radius 2 is 2.40 bits per heavy atom. The molecule has 1 N–H and O–H groups in total. The third-order valence-corrected chi connectivity index (χ3v) is 2.48. The molecule has 1 unspecified atom stereocenters. The van der Waals surface area contributed by atoms with Crippen molar-refractivity contribution in [3.05, 3.63) is 29.6 Å². The summed E-state index contributed by atoms with van der Waals surface area (Å²) in [7, 11) is 0. The molecule has 1 aromatic rings. The number of aryl methyl sites for hydroxylation is 1. The first-order valence-corrected chi connectivity index (χ1v) is 5.37. The number of rotatable bonds is 5. The number of nitrogens with one attached hydrogen (secondary N) is 1. The summed E-state index contributed by atoms with van der Waals surface area (Å²) >= 11 is 0. The van der Waals surface area contributed by atoms with Crippen LogP contribution in [0.1, 0.15) is 36.9 Å². The average molecular weight is 202 g/mol. The van der Waals surface area contributed by atoms with Crippen molar-refractivity contribution in [1.29, 1.82) is 0 Å². The molecule has 0 amide bonds. The second kappa shape index (κ2) is 6.21. The van der Waals surface area contributed by atoms with Crippen molar-refractivity contribution in [2.75, 3.05) is 6.54 Å². The lowest BCUT2D eigenvalue weighted by atomic mass is 10.00. The standard InChI is InChI=1S/C13H18N2/c1-4-6-7-13(15-5-2)12-10-14-9-8-11(12)3/h1,8-10,13,15H,5-7H2,2-3H3.